The molecule has 0 aromatic heterocycles. The Labute approximate surface area is 140 Å². The van der Waals surface area contributed by atoms with Crippen LogP contribution in [0.25, 0.3) is 0 Å². The first-order valence-corrected chi connectivity index (χ1v) is 9.09. The Bertz CT molecular complexity index is 857. The molecule has 0 saturated heterocycles. The van der Waals surface area contributed by atoms with Crippen LogP contribution in [0.5, 0.6) is 0 Å². The van der Waals surface area contributed by atoms with Gasteiger partial charge in [0.1, 0.15) is 0 Å². The van der Waals surface area contributed by atoms with Crippen LogP contribution in [0.4, 0.5) is 5.69 Å². The fourth-order valence-corrected chi connectivity index (χ4v) is 2.63. The van der Waals surface area contributed by atoms with Crippen molar-refractivity contribution in [3.05, 3.63) is 59.7 Å². The minimum atomic E-state index is -3.31. The number of amides is 1. The van der Waals surface area contributed by atoms with Gasteiger partial charge in [0.25, 0.3) is 5.91 Å². The third-order valence-electron chi connectivity index (χ3n) is 3.18. The summed E-state index contributed by atoms with van der Waals surface area (Å²) in [5, 5.41) is 2.66. The highest BCUT2D eigenvalue weighted by Gasteiger charge is 2.12. The normalized spacial score (nSPS) is 10.9. The van der Waals surface area contributed by atoms with Crippen LogP contribution in [-0.4, -0.2) is 33.2 Å². The summed E-state index contributed by atoms with van der Waals surface area (Å²) in [6.07, 6.45) is 1.10. The summed E-state index contributed by atoms with van der Waals surface area (Å²) in [7, 11) is -3.31. The quantitative estimate of drug-likeness (QED) is 0.840. The summed E-state index contributed by atoms with van der Waals surface area (Å²) >= 11 is 0. The lowest BCUT2D eigenvalue weighted by molar-refractivity contribution is 0.0526. The smallest absolute Gasteiger partial charge is 0.338 e. The second kappa shape index (κ2) is 7.27. The summed E-state index contributed by atoms with van der Waals surface area (Å²) in [6.45, 7) is 1.98. The van der Waals surface area contributed by atoms with Crippen LogP contribution >= 0.6 is 0 Å². The molecule has 2 aromatic rings. The molecule has 0 aliphatic rings. The fourth-order valence-electron chi connectivity index (χ4n) is 2.00. The molecule has 1 amide bonds. The molecule has 126 valence electrons. The van der Waals surface area contributed by atoms with E-state index >= 15 is 0 Å². The van der Waals surface area contributed by atoms with E-state index in [-0.39, 0.29) is 11.5 Å². The number of hydrogen-bond donors (Lipinski definition) is 1. The average Bonchev–Trinajstić information content (AvgIpc) is 2.54. The van der Waals surface area contributed by atoms with Crippen molar-refractivity contribution in [1.29, 1.82) is 0 Å². The van der Waals surface area contributed by atoms with Crippen LogP contribution in [0, 0.1) is 0 Å². The van der Waals surface area contributed by atoms with Crippen LogP contribution < -0.4 is 5.32 Å². The SMILES string of the molecule is CCOC(=O)c1cccc(NC(=O)c2ccc(S(C)(=O)=O)cc2)c1. The summed E-state index contributed by atoms with van der Waals surface area (Å²) in [5.41, 5.74) is 1.09. The van der Waals surface area contributed by atoms with Crippen molar-refractivity contribution in [3.63, 3.8) is 0 Å². The van der Waals surface area contributed by atoms with Crippen molar-refractivity contribution in [2.24, 2.45) is 0 Å². The second-order valence-corrected chi connectivity index (χ2v) is 7.07. The van der Waals surface area contributed by atoms with E-state index in [1.165, 1.54) is 30.3 Å². The van der Waals surface area contributed by atoms with Crippen LogP contribution in [0.3, 0.4) is 0 Å². The van der Waals surface area contributed by atoms with Gasteiger partial charge in [-0.25, -0.2) is 13.2 Å². The Morgan fingerprint density at radius 1 is 1.04 bits per heavy atom. The number of carbonyl (C=O) groups is 2. The molecule has 24 heavy (non-hydrogen) atoms. The van der Waals surface area contributed by atoms with E-state index in [9.17, 15) is 18.0 Å². The summed E-state index contributed by atoms with van der Waals surface area (Å²) < 4.78 is 27.7. The van der Waals surface area contributed by atoms with E-state index in [0.29, 0.717) is 16.8 Å². The Hall–Kier alpha value is -2.67. The van der Waals surface area contributed by atoms with Crippen molar-refractivity contribution >= 4 is 27.4 Å². The molecule has 0 aliphatic carbocycles. The highest BCUT2D eigenvalue weighted by Crippen LogP contribution is 2.15. The van der Waals surface area contributed by atoms with E-state index in [1.54, 1.807) is 25.1 Å². The molecule has 0 spiro atoms. The lowest BCUT2D eigenvalue weighted by atomic mass is 10.1. The topological polar surface area (TPSA) is 89.5 Å². The molecule has 0 radical (unpaired) electrons. The molecular formula is C17H17NO5S. The van der Waals surface area contributed by atoms with E-state index in [1.807, 2.05) is 0 Å². The summed E-state index contributed by atoms with van der Waals surface area (Å²) in [4.78, 5) is 24.0. The highest BCUT2D eigenvalue weighted by atomic mass is 32.2. The lowest BCUT2D eigenvalue weighted by Crippen LogP contribution is -2.13. The maximum absolute atomic E-state index is 12.2. The van der Waals surface area contributed by atoms with Gasteiger partial charge in [0.05, 0.1) is 17.1 Å². The zero-order chi connectivity index (χ0) is 17.7. The fraction of sp³-hybridized carbons (Fsp3) is 0.176. The Kier molecular flexibility index (Phi) is 5.35. The number of hydrogen-bond acceptors (Lipinski definition) is 5. The largest absolute Gasteiger partial charge is 0.462 e. The number of carbonyl (C=O) groups excluding carboxylic acids is 2. The number of ether oxygens (including phenoxy) is 1. The Balaban J connectivity index is 2.15. The van der Waals surface area contributed by atoms with Crippen LogP contribution in [0.2, 0.25) is 0 Å². The number of esters is 1. The van der Waals surface area contributed by atoms with Crippen molar-refractivity contribution in [2.75, 3.05) is 18.2 Å². The number of sulfone groups is 1. The molecule has 6 nitrogen and oxygen atoms in total. The van der Waals surface area contributed by atoms with E-state index in [0.717, 1.165) is 6.26 Å². The number of rotatable bonds is 5. The molecule has 0 fully saturated rings. The first kappa shape index (κ1) is 17.7. The highest BCUT2D eigenvalue weighted by molar-refractivity contribution is 7.90. The maximum Gasteiger partial charge on any atom is 0.338 e. The summed E-state index contributed by atoms with van der Waals surface area (Å²) in [6, 6.07) is 12.0. The zero-order valence-corrected chi connectivity index (χ0v) is 14.1. The molecule has 0 heterocycles. The third-order valence-corrected chi connectivity index (χ3v) is 4.30. The van der Waals surface area contributed by atoms with Gasteiger partial charge in [-0.2, -0.15) is 0 Å². The second-order valence-electron chi connectivity index (χ2n) is 5.05. The van der Waals surface area contributed by atoms with Crippen molar-refractivity contribution in [3.8, 4) is 0 Å². The van der Waals surface area contributed by atoms with Crippen LogP contribution in [0.15, 0.2) is 53.4 Å². The van der Waals surface area contributed by atoms with Crippen molar-refractivity contribution in [1.82, 2.24) is 0 Å². The van der Waals surface area contributed by atoms with Gasteiger partial charge in [0.15, 0.2) is 9.84 Å². The van der Waals surface area contributed by atoms with Gasteiger partial charge >= 0.3 is 5.97 Å². The molecule has 2 aromatic carbocycles. The minimum absolute atomic E-state index is 0.142. The molecule has 2 rings (SSSR count). The predicted molar refractivity (Wildman–Crippen MR) is 89.9 cm³/mol. The molecule has 0 saturated carbocycles. The van der Waals surface area contributed by atoms with Gasteiger partial charge in [-0.1, -0.05) is 6.07 Å². The van der Waals surface area contributed by atoms with E-state index < -0.39 is 21.7 Å². The van der Waals surface area contributed by atoms with Gasteiger partial charge in [-0.3, -0.25) is 4.79 Å². The third kappa shape index (κ3) is 4.42. The molecule has 0 atom stereocenters. The minimum Gasteiger partial charge on any atom is -0.462 e. The predicted octanol–water partition coefficient (Wildman–Crippen LogP) is 2.52. The van der Waals surface area contributed by atoms with Gasteiger partial charge in [0, 0.05) is 17.5 Å². The van der Waals surface area contributed by atoms with E-state index in [2.05, 4.69) is 5.32 Å². The molecule has 0 unspecified atom stereocenters. The number of nitrogens with one attached hydrogen (secondary N) is 1. The molecule has 0 bridgehead atoms. The number of anilines is 1. The van der Waals surface area contributed by atoms with E-state index in [4.69, 9.17) is 4.74 Å². The Morgan fingerprint density at radius 2 is 1.71 bits per heavy atom. The van der Waals surface area contributed by atoms with Crippen molar-refractivity contribution in [2.45, 2.75) is 11.8 Å². The molecule has 7 heteroatoms. The van der Waals surface area contributed by atoms with Crippen LogP contribution in [0.1, 0.15) is 27.6 Å². The van der Waals surface area contributed by atoms with Gasteiger partial charge in [-0.05, 0) is 49.4 Å². The molecule has 0 aliphatic heterocycles. The van der Waals surface area contributed by atoms with Crippen LogP contribution in [-0.2, 0) is 14.6 Å². The molecular weight excluding hydrogens is 330 g/mol. The van der Waals surface area contributed by atoms with Gasteiger partial charge < -0.3 is 10.1 Å². The van der Waals surface area contributed by atoms with Gasteiger partial charge in [-0.15, -0.1) is 0 Å². The lowest BCUT2D eigenvalue weighted by Gasteiger charge is -2.08. The summed E-state index contributed by atoms with van der Waals surface area (Å²) in [5.74, 6) is -0.873. The first-order chi connectivity index (χ1) is 11.3. The maximum atomic E-state index is 12.2. The Morgan fingerprint density at radius 3 is 2.29 bits per heavy atom. The standard InChI is InChI=1S/C17H17NO5S/c1-3-23-17(20)13-5-4-6-14(11-13)18-16(19)12-7-9-15(10-8-12)24(2,21)22/h4-11H,3H2,1-2H3,(H,18,19). The monoisotopic (exact) mass is 347 g/mol. The number of benzene rings is 2. The van der Waals surface area contributed by atoms with Crippen molar-refractivity contribution < 1.29 is 22.7 Å². The molecule has 1 N–H and O–H groups in total. The first-order valence-electron chi connectivity index (χ1n) is 7.20. The zero-order valence-electron chi connectivity index (χ0n) is 13.3. The van der Waals surface area contributed by atoms with Gasteiger partial charge in [0.2, 0.25) is 0 Å². The average molecular weight is 347 g/mol.